The van der Waals surface area contributed by atoms with Gasteiger partial charge in [-0.15, -0.1) is 0 Å². The Kier molecular flexibility index (Phi) is 6.85. The second-order valence-electron chi connectivity index (χ2n) is 5.91. The van der Waals surface area contributed by atoms with Crippen LogP contribution in [0.4, 0.5) is 0 Å². The van der Waals surface area contributed by atoms with Crippen LogP contribution < -0.4 is 10.2 Å². The van der Waals surface area contributed by atoms with Gasteiger partial charge in [0.15, 0.2) is 6.61 Å². The Hall–Kier alpha value is -2.04. The number of nitrogens with zero attached hydrogens (tertiary/aromatic N) is 1. The Bertz CT molecular complexity index is 769. The summed E-state index contributed by atoms with van der Waals surface area (Å²) in [6, 6.07) is 11.1. The minimum atomic E-state index is -0.365. The minimum absolute atomic E-state index is 0.128. The van der Waals surface area contributed by atoms with E-state index in [0.717, 1.165) is 11.1 Å². The molecule has 2 aromatic rings. The largest absolute Gasteiger partial charge is 0.483 e. The molecule has 1 amide bonds. The maximum Gasteiger partial charge on any atom is 0.277 e. The standard InChI is InChI=1S/C19H20Cl2N2O2/c1-12(2)14-8-7-13(3)9-18(14)25-11-19(24)23-22-10-15-16(20)5-4-6-17(15)21/h4-10,12H,11H2,1-3H3,(H,23,24)/b22-10-. The van der Waals surface area contributed by atoms with Crippen LogP contribution in [-0.4, -0.2) is 18.7 Å². The zero-order valence-corrected chi connectivity index (χ0v) is 15.9. The summed E-state index contributed by atoms with van der Waals surface area (Å²) in [6.45, 7) is 6.01. The van der Waals surface area contributed by atoms with Crippen molar-refractivity contribution in [2.75, 3.05) is 6.61 Å². The average Bonchev–Trinajstić information content (AvgIpc) is 2.55. The number of aryl methyl sites for hydroxylation is 1. The molecule has 0 aliphatic carbocycles. The number of benzene rings is 2. The van der Waals surface area contributed by atoms with E-state index in [1.54, 1.807) is 18.2 Å². The summed E-state index contributed by atoms with van der Waals surface area (Å²) in [6.07, 6.45) is 1.41. The lowest BCUT2D eigenvalue weighted by atomic mass is 10.0. The van der Waals surface area contributed by atoms with Gasteiger partial charge in [-0.1, -0.05) is 55.2 Å². The molecule has 0 aromatic heterocycles. The number of nitrogens with one attached hydrogen (secondary N) is 1. The highest BCUT2D eigenvalue weighted by atomic mass is 35.5. The van der Waals surface area contributed by atoms with Crippen molar-refractivity contribution < 1.29 is 9.53 Å². The highest BCUT2D eigenvalue weighted by molar-refractivity contribution is 6.38. The fourth-order valence-corrected chi connectivity index (χ4v) is 2.72. The predicted molar refractivity (Wildman–Crippen MR) is 103 cm³/mol. The Labute approximate surface area is 157 Å². The van der Waals surface area contributed by atoms with Gasteiger partial charge < -0.3 is 4.74 Å². The third kappa shape index (κ3) is 5.48. The van der Waals surface area contributed by atoms with Gasteiger partial charge in [0.25, 0.3) is 5.91 Å². The van der Waals surface area contributed by atoms with Crippen molar-refractivity contribution in [1.82, 2.24) is 5.43 Å². The van der Waals surface area contributed by atoms with Crippen LogP contribution in [0.2, 0.25) is 10.0 Å². The van der Waals surface area contributed by atoms with E-state index in [-0.39, 0.29) is 12.5 Å². The zero-order valence-electron chi connectivity index (χ0n) is 14.3. The molecule has 132 valence electrons. The van der Waals surface area contributed by atoms with Crippen molar-refractivity contribution in [3.63, 3.8) is 0 Å². The predicted octanol–water partition coefficient (Wildman–Crippen LogP) is 4.95. The molecular formula is C19H20Cl2N2O2. The smallest absolute Gasteiger partial charge is 0.277 e. The first-order valence-corrected chi connectivity index (χ1v) is 8.63. The summed E-state index contributed by atoms with van der Waals surface area (Å²) in [5, 5.41) is 4.80. The summed E-state index contributed by atoms with van der Waals surface area (Å²) in [7, 11) is 0. The van der Waals surface area contributed by atoms with Crippen molar-refractivity contribution in [3.8, 4) is 5.75 Å². The van der Waals surface area contributed by atoms with Crippen LogP contribution in [0, 0.1) is 6.92 Å². The summed E-state index contributed by atoms with van der Waals surface area (Å²) >= 11 is 12.1. The normalized spacial score (nSPS) is 11.1. The molecule has 4 nitrogen and oxygen atoms in total. The number of hydrogen-bond acceptors (Lipinski definition) is 3. The van der Waals surface area contributed by atoms with Crippen LogP contribution in [0.1, 0.15) is 36.5 Å². The Morgan fingerprint density at radius 1 is 1.24 bits per heavy atom. The molecule has 0 heterocycles. The lowest BCUT2D eigenvalue weighted by Crippen LogP contribution is -2.25. The van der Waals surface area contributed by atoms with Gasteiger partial charge in [0, 0.05) is 5.56 Å². The quantitative estimate of drug-likeness (QED) is 0.570. The van der Waals surface area contributed by atoms with E-state index in [1.807, 2.05) is 25.1 Å². The lowest BCUT2D eigenvalue weighted by Gasteiger charge is -2.14. The van der Waals surface area contributed by atoms with Gasteiger partial charge >= 0.3 is 0 Å². The fourth-order valence-electron chi connectivity index (χ4n) is 2.22. The average molecular weight is 379 g/mol. The highest BCUT2D eigenvalue weighted by Gasteiger charge is 2.10. The second-order valence-corrected chi connectivity index (χ2v) is 6.73. The number of carbonyl (C=O) groups is 1. The van der Waals surface area contributed by atoms with Gasteiger partial charge in [-0.2, -0.15) is 5.10 Å². The molecule has 1 N–H and O–H groups in total. The van der Waals surface area contributed by atoms with Gasteiger partial charge in [0.1, 0.15) is 5.75 Å². The molecule has 2 aromatic carbocycles. The maximum absolute atomic E-state index is 11.9. The van der Waals surface area contributed by atoms with Crippen molar-refractivity contribution in [2.45, 2.75) is 26.7 Å². The van der Waals surface area contributed by atoms with Gasteiger partial charge in [0.2, 0.25) is 0 Å². The maximum atomic E-state index is 11.9. The Balaban J connectivity index is 1.96. The van der Waals surface area contributed by atoms with Crippen molar-refractivity contribution in [2.24, 2.45) is 5.10 Å². The number of ether oxygens (including phenoxy) is 1. The number of hydrazone groups is 1. The molecular weight excluding hydrogens is 359 g/mol. The molecule has 0 radical (unpaired) electrons. The summed E-state index contributed by atoms with van der Waals surface area (Å²) < 4.78 is 5.65. The molecule has 0 fully saturated rings. The molecule has 2 rings (SSSR count). The van der Waals surface area contributed by atoms with Crippen LogP contribution in [0.15, 0.2) is 41.5 Å². The SMILES string of the molecule is Cc1ccc(C(C)C)c(OCC(=O)N/N=C\c2c(Cl)cccc2Cl)c1. The van der Waals surface area contributed by atoms with E-state index in [4.69, 9.17) is 27.9 Å². The van der Waals surface area contributed by atoms with Gasteiger partial charge in [-0.05, 0) is 42.2 Å². The van der Waals surface area contributed by atoms with Crippen molar-refractivity contribution in [1.29, 1.82) is 0 Å². The van der Waals surface area contributed by atoms with Gasteiger partial charge in [-0.3, -0.25) is 4.79 Å². The third-order valence-corrected chi connectivity index (χ3v) is 4.19. The van der Waals surface area contributed by atoms with E-state index >= 15 is 0 Å². The van der Waals surface area contributed by atoms with Gasteiger partial charge in [-0.25, -0.2) is 5.43 Å². The first kappa shape index (κ1) is 19.3. The summed E-state index contributed by atoms with van der Waals surface area (Å²) in [5.41, 5.74) is 5.09. The minimum Gasteiger partial charge on any atom is -0.483 e. The van der Waals surface area contributed by atoms with Crippen LogP contribution in [-0.2, 0) is 4.79 Å². The first-order chi connectivity index (χ1) is 11.9. The number of halogens is 2. The molecule has 0 aliphatic rings. The topological polar surface area (TPSA) is 50.7 Å². The first-order valence-electron chi connectivity index (χ1n) is 7.87. The lowest BCUT2D eigenvalue weighted by molar-refractivity contribution is -0.123. The fraction of sp³-hybridized carbons (Fsp3) is 0.263. The molecule has 0 saturated heterocycles. The van der Waals surface area contributed by atoms with Crippen molar-refractivity contribution >= 4 is 35.3 Å². The monoisotopic (exact) mass is 378 g/mol. The molecule has 0 unspecified atom stereocenters. The number of amides is 1. The van der Waals surface area contributed by atoms with Crippen LogP contribution in [0.3, 0.4) is 0 Å². The molecule has 6 heteroatoms. The molecule has 0 bridgehead atoms. The van der Waals surface area contributed by atoms with Crippen LogP contribution in [0.5, 0.6) is 5.75 Å². The number of rotatable bonds is 6. The molecule has 0 spiro atoms. The van der Waals surface area contributed by atoms with E-state index in [2.05, 4.69) is 24.4 Å². The van der Waals surface area contributed by atoms with Gasteiger partial charge in [0.05, 0.1) is 16.3 Å². The summed E-state index contributed by atoms with van der Waals surface area (Å²) in [4.78, 5) is 11.9. The molecule has 25 heavy (non-hydrogen) atoms. The number of carbonyl (C=O) groups excluding carboxylic acids is 1. The van der Waals surface area contributed by atoms with Crippen LogP contribution in [0.25, 0.3) is 0 Å². The second kappa shape index (κ2) is 8.88. The van der Waals surface area contributed by atoms with Crippen molar-refractivity contribution in [3.05, 3.63) is 63.1 Å². The highest BCUT2D eigenvalue weighted by Crippen LogP contribution is 2.27. The zero-order chi connectivity index (χ0) is 18.4. The molecule has 0 saturated carbocycles. The molecule has 0 aliphatic heterocycles. The Morgan fingerprint density at radius 3 is 2.56 bits per heavy atom. The third-order valence-electron chi connectivity index (χ3n) is 3.53. The molecule has 0 atom stereocenters. The number of hydrogen-bond donors (Lipinski definition) is 1. The van der Waals surface area contributed by atoms with E-state index < -0.39 is 0 Å². The summed E-state index contributed by atoms with van der Waals surface area (Å²) in [5.74, 6) is 0.651. The van der Waals surface area contributed by atoms with Crippen LogP contribution >= 0.6 is 23.2 Å². The van der Waals surface area contributed by atoms with E-state index in [9.17, 15) is 4.79 Å². The van der Waals surface area contributed by atoms with E-state index in [1.165, 1.54) is 6.21 Å². The Morgan fingerprint density at radius 2 is 1.92 bits per heavy atom. The van der Waals surface area contributed by atoms with E-state index in [0.29, 0.717) is 27.3 Å².